The summed E-state index contributed by atoms with van der Waals surface area (Å²) < 4.78 is 4.96. The molecule has 0 heterocycles. The first-order valence-corrected chi connectivity index (χ1v) is 9.27. The van der Waals surface area contributed by atoms with E-state index in [0.29, 0.717) is 21.3 Å². The monoisotopic (exact) mass is 456 g/mol. The summed E-state index contributed by atoms with van der Waals surface area (Å²) in [4.78, 5) is 11.5. The number of aliphatic hydroxyl groups is 1. The topological polar surface area (TPSA) is 71.2 Å². The Morgan fingerprint density at radius 1 is 1.19 bits per heavy atom. The summed E-state index contributed by atoms with van der Waals surface area (Å²) in [6.07, 6.45) is 0. The molecule has 0 bridgehead atoms. The Kier molecular flexibility index (Phi) is 7.63. The number of benzene rings is 2. The number of allylic oxidation sites excluding steroid dienone is 1. The van der Waals surface area contributed by atoms with Crippen LogP contribution in [0.25, 0.3) is 0 Å². The van der Waals surface area contributed by atoms with Crippen LogP contribution in [-0.4, -0.2) is 17.7 Å². The first-order valence-electron chi connectivity index (χ1n) is 7.60. The maximum atomic E-state index is 12.2. The van der Waals surface area contributed by atoms with Crippen molar-refractivity contribution in [2.75, 3.05) is 6.61 Å². The van der Waals surface area contributed by atoms with Crippen molar-refractivity contribution in [3.8, 4) is 0 Å². The molecule has 0 aliphatic heterocycles. The Morgan fingerprint density at radius 2 is 1.85 bits per heavy atom. The van der Waals surface area contributed by atoms with Gasteiger partial charge in [-0.3, -0.25) is 0 Å². The Labute approximate surface area is 169 Å². The van der Waals surface area contributed by atoms with Crippen molar-refractivity contribution in [3.63, 3.8) is 0 Å². The second-order valence-electron chi connectivity index (χ2n) is 5.02. The molecule has 26 heavy (non-hydrogen) atoms. The summed E-state index contributed by atoms with van der Waals surface area (Å²) in [5.74, 6) is -1.12. The fraction of sp³-hybridized carbons (Fsp3) is 0.167. The number of aliphatic hydroxyl groups excluding tert-OH is 1. The highest BCUT2D eigenvalue weighted by atomic mass is 79.9. The number of ether oxygens (including phenoxy) is 1. The van der Waals surface area contributed by atoms with Crippen LogP contribution in [0.3, 0.4) is 0 Å². The second kappa shape index (κ2) is 9.71. The lowest BCUT2D eigenvalue weighted by Gasteiger charge is -2.12. The summed E-state index contributed by atoms with van der Waals surface area (Å²) in [5, 5.41) is 19.3. The normalized spacial score (nSPS) is 13.4. The largest absolute Gasteiger partial charge is 0.508 e. The molecule has 0 saturated carbocycles. The van der Waals surface area contributed by atoms with Crippen molar-refractivity contribution in [3.05, 3.63) is 75.6 Å². The van der Waals surface area contributed by atoms with E-state index < -0.39 is 10.8 Å². The highest BCUT2D eigenvalue weighted by Crippen LogP contribution is 2.33. The molecule has 0 spiro atoms. The van der Waals surface area contributed by atoms with Crippen molar-refractivity contribution in [2.45, 2.75) is 11.8 Å². The molecule has 2 aromatic rings. The lowest BCUT2D eigenvalue weighted by Crippen LogP contribution is -2.10. The number of hydrogen-bond donors (Lipinski definition) is 1. The van der Waals surface area contributed by atoms with Gasteiger partial charge < -0.3 is 9.84 Å². The fourth-order valence-corrected chi connectivity index (χ4v) is 2.76. The number of esters is 1. The zero-order chi connectivity index (χ0) is 19.1. The van der Waals surface area contributed by atoms with Crippen LogP contribution in [0.5, 0.6) is 0 Å². The number of halogens is 3. The molecular formula is C18H15BrCl2N2O3. The maximum absolute atomic E-state index is 12.2. The van der Waals surface area contributed by atoms with Crippen LogP contribution in [-0.2, 0) is 9.53 Å². The molecule has 0 amide bonds. The summed E-state index contributed by atoms with van der Waals surface area (Å²) in [6.45, 7) is 1.79. The molecular weight excluding hydrogens is 443 g/mol. The zero-order valence-corrected chi connectivity index (χ0v) is 16.8. The summed E-state index contributed by atoms with van der Waals surface area (Å²) in [5.41, 5.74) is 0.728. The van der Waals surface area contributed by atoms with E-state index in [1.807, 2.05) is 0 Å². The van der Waals surface area contributed by atoms with Crippen LogP contribution in [0.4, 0.5) is 5.69 Å². The van der Waals surface area contributed by atoms with Crippen LogP contribution < -0.4 is 0 Å². The van der Waals surface area contributed by atoms with E-state index in [1.165, 1.54) is 0 Å². The third-order valence-electron chi connectivity index (χ3n) is 3.22. The Balaban J connectivity index is 2.41. The van der Waals surface area contributed by atoms with Gasteiger partial charge in [0.2, 0.25) is 5.70 Å². The van der Waals surface area contributed by atoms with Gasteiger partial charge in [0.1, 0.15) is 11.4 Å². The first-order chi connectivity index (χ1) is 12.4. The fourth-order valence-electron chi connectivity index (χ4n) is 1.94. The van der Waals surface area contributed by atoms with E-state index in [2.05, 4.69) is 26.2 Å². The second-order valence-corrected chi connectivity index (χ2v) is 6.78. The summed E-state index contributed by atoms with van der Waals surface area (Å²) in [7, 11) is 0. The van der Waals surface area contributed by atoms with Crippen molar-refractivity contribution in [2.24, 2.45) is 10.2 Å². The van der Waals surface area contributed by atoms with E-state index in [4.69, 9.17) is 27.9 Å². The van der Waals surface area contributed by atoms with Crippen LogP contribution in [0.15, 0.2) is 70.2 Å². The molecule has 0 saturated heterocycles. The highest BCUT2D eigenvalue weighted by molar-refractivity contribution is 9.09. The van der Waals surface area contributed by atoms with Crippen molar-refractivity contribution in [1.29, 1.82) is 0 Å². The molecule has 0 aromatic heterocycles. The number of carbonyl (C=O) groups is 1. The maximum Gasteiger partial charge on any atom is 0.362 e. The number of alkyl halides is 1. The highest BCUT2D eigenvalue weighted by Gasteiger charge is 2.23. The minimum Gasteiger partial charge on any atom is -0.508 e. The van der Waals surface area contributed by atoms with Crippen LogP contribution >= 0.6 is 39.1 Å². The predicted octanol–water partition coefficient (Wildman–Crippen LogP) is 6.55. The molecule has 0 radical (unpaired) electrons. The number of rotatable bonds is 6. The van der Waals surface area contributed by atoms with Crippen LogP contribution in [0.1, 0.15) is 17.3 Å². The van der Waals surface area contributed by atoms with Gasteiger partial charge in [-0.1, -0.05) is 63.4 Å². The Bertz CT molecular complexity index is 839. The summed E-state index contributed by atoms with van der Waals surface area (Å²) >= 11 is 15.3. The molecule has 1 N–H and O–H groups in total. The smallest absolute Gasteiger partial charge is 0.362 e. The molecule has 0 aliphatic carbocycles. The molecule has 136 valence electrons. The molecule has 0 fully saturated rings. The van der Waals surface area contributed by atoms with Crippen LogP contribution in [0.2, 0.25) is 10.0 Å². The number of hydrogen-bond acceptors (Lipinski definition) is 5. The quantitative estimate of drug-likeness (QED) is 0.176. The average Bonchev–Trinajstić information content (AvgIpc) is 2.63. The lowest BCUT2D eigenvalue weighted by atomic mass is 10.1. The van der Waals surface area contributed by atoms with Gasteiger partial charge in [-0.2, -0.15) is 0 Å². The molecule has 1 unspecified atom stereocenters. The molecule has 5 nitrogen and oxygen atoms in total. The first kappa shape index (κ1) is 20.4. The van der Waals surface area contributed by atoms with Gasteiger partial charge in [-0.15, -0.1) is 10.2 Å². The lowest BCUT2D eigenvalue weighted by molar-refractivity contribution is -0.138. The minimum absolute atomic E-state index is 0.130. The van der Waals surface area contributed by atoms with Gasteiger partial charge in [-0.05, 0) is 36.8 Å². The Hall–Kier alpha value is -1.89. The molecule has 1 atom stereocenters. The standard InChI is InChI=1S/C18H15BrCl2N2O3/c1-2-26-18(25)16(23-22-14-6-4-3-5-13(14)21)17(24)15(19)11-7-9-12(20)10-8-11/h3-10,15,24H,2H2,1H3. The van der Waals surface area contributed by atoms with Gasteiger partial charge in [-0.25, -0.2) is 4.79 Å². The van der Waals surface area contributed by atoms with Crippen molar-refractivity contribution < 1.29 is 14.6 Å². The molecule has 2 aromatic carbocycles. The van der Waals surface area contributed by atoms with Gasteiger partial charge in [0.15, 0.2) is 0 Å². The van der Waals surface area contributed by atoms with E-state index in [9.17, 15) is 9.90 Å². The van der Waals surface area contributed by atoms with E-state index in [1.54, 1.807) is 55.5 Å². The zero-order valence-electron chi connectivity index (χ0n) is 13.7. The predicted molar refractivity (Wildman–Crippen MR) is 105 cm³/mol. The van der Waals surface area contributed by atoms with Crippen molar-refractivity contribution >= 4 is 50.8 Å². The number of carbonyl (C=O) groups excluding carboxylic acids is 1. The molecule has 0 aliphatic rings. The van der Waals surface area contributed by atoms with Gasteiger partial charge in [0.25, 0.3) is 0 Å². The number of nitrogens with zero attached hydrogens (tertiary/aromatic N) is 2. The molecule has 8 heteroatoms. The third kappa shape index (κ3) is 5.30. The summed E-state index contributed by atoms with van der Waals surface area (Å²) in [6, 6.07) is 13.5. The van der Waals surface area contributed by atoms with Gasteiger partial charge in [0, 0.05) is 5.02 Å². The number of azo groups is 1. The SMILES string of the molecule is CCOC(=O)C(N=Nc1ccccc1Cl)=C(O)C(Br)c1ccc(Cl)cc1. The Morgan fingerprint density at radius 3 is 2.46 bits per heavy atom. The molecule has 2 rings (SSSR count). The van der Waals surface area contributed by atoms with Gasteiger partial charge in [0.05, 0.1) is 16.5 Å². The average molecular weight is 458 g/mol. The van der Waals surface area contributed by atoms with E-state index in [0.717, 1.165) is 0 Å². The van der Waals surface area contributed by atoms with E-state index in [-0.39, 0.29) is 18.1 Å². The van der Waals surface area contributed by atoms with E-state index >= 15 is 0 Å². The minimum atomic E-state index is -0.792. The third-order valence-corrected chi connectivity index (χ3v) is 4.76. The van der Waals surface area contributed by atoms with Gasteiger partial charge >= 0.3 is 5.97 Å². The van der Waals surface area contributed by atoms with Crippen LogP contribution in [0, 0.1) is 0 Å². The van der Waals surface area contributed by atoms with Crippen molar-refractivity contribution in [1.82, 2.24) is 0 Å².